The van der Waals surface area contributed by atoms with Gasteiger partial charge < -0.3 is 14.6 Å². The summed E-state index contributed by atoms with van der Waals surface area (Å²) in [4.78, 5) is 1.35. The molecule has 61 heavy (non-hydrogen) atoms. The number of aromatic nitrogens is 1. The lowest BCUT2D eigenvalue weighted by molar-refractivity contribution is 0.137. The molecule has 1 N–H and O–H groups in total. The number of thioether (sulfide) groups is 1. The number of fused-ring (bicyclic) bond motifs is 10. The van der Waals surface area contributed by atoms with Crippen LogP contribution in [0.3, 0.4) is 0 Å². The molecule has 0 amide bonds. The molecule has 4 heteroatoms. The molecule has 0 saturated heterocycles. The summed E-state index contributed by atoms with van der Waals surface area (Å²) in [5.41, 5.74) is 14.6. The van der Waals surface area contributed by atoms with Gasteiger partial charge in [0.2, 0.25) is 0 Å². The van der Waals surface area contributed by atoms with E-state index in [0.717, 1.165) is 17.0 Å². The Morgan fingerprint density at radius 3 is 2.03 bits per heavy atom. The maximum Gasteiger partial charge on any atom is 0.196 e. The van der Waals surface area contributed by atoms with Crippen LogP contribution in [0.4, 0.5) is 0 Å². The van der Waals surface area contributed by atoms with E-state index in [4.69, 9.17) is 4.74 Å². The molecule has 3 unspecified atom stereocenters. The highest BCUT2D eigenvalue weighted by atomic mass is 32.2. The minimum Gasteiger partial charge on any atom is -0.465 e. The lowest BCUT2D eigenvalue weighted by Gasteiger charge is -2.27. The van der Waals surface area contributed by atoms with Crippen molar-refractivity contribution in [2.45, 2.75) is 22.3 Å². The number of hydrogen-bond acceptors (Lipinski definition) is 3. The fraction of sp³-hybridized carbons (Fsp3) is 0.0526. The van der Waals surface area contributed by atoms with Crippen molar-refractivity contribution >= 4 is 60.7 Å². The average molecular weight is 799 g/mol. The first-order valence-electron chi connectivity index (χ1n) is 21.1. The summed E-state index contributed by atoms with van der Waals surface area (Å²) < 4.78 is 9.34. The molecule has 10 aromatic rings. The number of ether oxygens (including phenoxy) is 1. The van der Waals surface area contributed by atoms with E-state index in [1.165, 1.54) is 92.9 Å². The Labute approximate surface area is 358 Å². The van der Waals surface area contributed by atoms with Gasteiger partial charge in [0.25, 0.3) is 0 Å². The second-order valence-electron chi connectivity index (χ2n) is 16.4. The quantitative estimate of drug-likeness (QED) is 0.188. The summed E-state index contributed by atoms with van der Waals surface area (Å²) in [5.74, 6) is 1.13. The van der Waals surface area contributed by atoms with Crippen LogP contribution in [0.5, 0.6) is 0 Å². The minimum atomic E-state index is -0.287. The van der Waals surface area contributed by atoms with Gasteiger partial charge >= 0.3 is 0 Å². The molecule has 0 fully saturated rings. The predicted molar refractivity (Wildman–Crippen MR) is 254 cm³/mol. The highest BCUT2D eigenvalue weighted by molar-refractivity contribution is 8.00. The zero-order chi connectivity index (χ0) is 40.0. The first-order chi connectivity index (χ1) is 30.2. The van der Waals surface area contributed by atoms with Crippen molar-refractivity contribution in [3.63, 3.8) is 0 Å². The van der Waals surface area contributed by atoms with E-state index < -0.39 is 0 Å². The van der Waals surface area contributed by atoms with Gasteiger partial charge in [0.15, 0.2) is 6.23 Å². The topological polar surface area (TPSA) is 26.2 Å². The molecule has 3 aliphatic rings. The van der Waals surface area contributed by atoms with Crippen LogP contribution in [-0.2, 0) is 4.74 Å². The van der Waals surface area contributed by atoms with Gasteiger partial charge in [-0.05, 0) is 103 Å². The van der Waals surface area contributed by atoms with Crippen LogP contribution in [0, 0.1) is 0 Å². The van der Waals surface area contributed by atoms with E-state index in [9.17, 15) is 0 Å². The molecule has 0 spiro atoms. The lowest BCUT2D eigenvalue weighted by Crippen LogP contribution is -2.25. The molecule has 288 valence electrons. The summed E-state index contributed by atoms with van der Waals surface area (Å²) in [6, 6.07) is 73.1. The molecule has 13 rings (SSSR count). The average Bonchev–Trinajstić information content (AvgIpc) is 4.03. The first-order valence-corrected chi connectivity index (χ1v) is 22.0. The molecule has 1 aromatic heterocycles. The SMILES string of the molecule is C1=C(c2ccc3ccccc3c2)C2Sc3ccccc3C2C2=C1OC(c1ccc(-c3cc4c(c5ccccc35)c3ccccc3n4-c3ccc(-c4ccccc4)cc3)cc1)N2. The van der Waals surface area contributed by atoms with E-state index in [-0.39, 0.29) is 17.4 Å². The fourth-order valence-electron chi connectivity index (χ4n) is 10.2. The largest absolute Gasteiger partial charge is 0.465 e. The molecular formula is C57H38N2OS. The Morgan fingerprint density at radius 1 is 0.508 bits per heavy atom. The highest BCUT2D eigenvalue weighted by Gasteiger charge is 2.45. The van der Waals surface area contributed by atoms with Crippen molar-refractivity contribution in [2.75, 3.05) is 0 Å². The predicted octanol–water partition coefficient (Wildman–Crippen LogP) is 14.6. The summed E-state index contributed by atoms with van der Waals surface area (Å²) in [7, 11) is 0. The number of benzene rings is 9. The Kier molecular flexibility index (Phi) is 7.73. The lowest BCUT2D eigenvalue weighted by atomic mass is 9.82. The van der Waals surface area contributed by atoms with Crippen LogP contribution in [0.2, 0.25) is 0 Å². The number of hydrogen-bond donors (Lipinski definition) is 1. The zero-order valence-electron chi connectivity index (χ0n) is 33.1. The van der Waals surface area contributed by atoms with Crippen molar-refractivity contribution in [3.8, 4) is 27.9 Å². The molecule has 3 nitrogen and oxygen atoms in total. The Morgan fingerprint density at radius 2 is 1.18 bits per heavy atom. The van der Waals surface area contributed by atoms with Gasteiger partial charge in [-0.3, -0.25) is 0 Å². The number of nitrogens with zero attached hydrogens (tertiary/aromatic N) is 1. The maximum absolute atomic E-state index is 6.90. The van der Waals surface area contributed by atoms with Crippen LogP contribution in [0.1, 0.15) is 28.8 Å². The third-order valence-corrected chi connectivity index (χ3v) is 14.4. The molecule has 0 bridgehead atoms. The van der Waals surface area contributed by atoms with Crippen LogP contribution < -0.4 is 5.32 Å². The summed E-state index contributed by atoms with van der Waals surface area (Å²) in [6.45, 7) is 0. The summed E-state index contributed by atoms with van der Waals surface area (Å²) >= 11 is 1.98. The van der Waals surface area contributed by atoms with Gasteiger partial charge in [0.1, 0.15) is 5.76 Å². The maximum atomic E-state index is 6.90. The Balaban J connectivity index is 0.883. The van der Waals surface area contributed by atoms with Crippen molar-refractivity contribution < 1.29 is 4.74 Å². The van der Waals surface area contributed by atoms with Gasteiger partial charge in [-0.15, -0.1) is 11.8 Å². The molecule has 3 atom stereocenters. The van der Waals surface area contributed by atoms with E-state index >= 15 is 0 Å². The van der Waals surface area contributed by atoms with E-state index in [1.807, 2.05) is 11.8 Å². The van der Waals surface area contributed by atoms with Gasteiger partial charge in [-0.2, -0.15) is 0 Å². The minimum absolute atomic E-state index is 0.186. The molecule has 2 aliphatic heterocycles. The standard InChI is InChI=1S/C57H38N2OS/c1-2-12-35(13-3-1)37-28-30-42(31-29-37)59-49-20-10-8-18-45(49)53-44-17-7-6-16-43(44)47(33-50(53)59)38-23-25-39(26-24-38)57-58-55-51(60-57)34-48(41-27-22-36-14-4-5-15-40(36)32-41)56-54(55)46-19-9-11-21-52(46)61-56/h1-34,54,56-58H. The van der Waals surface area contributed by atoms with Crippen molar-refractivity contribution in [2.24, 2.45) is 0 Å². The molecule has 0 radical (unpaired) electrons. The van der Waals surface area contributed by atoms with Crippen LogP contribution >= 0.6 is 11.8 Å². The third kappa shape index (κ3) is 5.45. The van der Waals surface area contributed by atoms with Gasteiger partial charge in [-0.1, -0.05) is 164 Å². The molecule has 0 saturated carbocycles. The number of rotatable bonds is 5. The number of allylic oxidation sites excluding steroid dienone is 2. The van der Waals surface area contributed by atoms with Crippen LogP contribution in [0.25, 0.3) is 76.9 Å². The second kappa shape index (κ2) is 13.6. The first kappa shape index (κ1) is 34.6. The monoisotopic (exact) mass is 798 g/mol. The molecule has 9 aromatic carbocycles. The van der Waals surface area contributed by atoms with Crippen LogP contribution in [-0.4, -0.2) is 9.82 Å². The van der Waals surface area contributed by atoms with Crippen molar-refractivity contribution in [3.05, 3.63) is 234 Å². The smallest absolute Gasteiger partial charge is 0.196 e. The van der Waals surface area contributed by atoms with Crippen molar-refractivity contribution in [1.29, 1.82) is 0 Å². The molecule has 3 heterocycles. The molecular weight excluding hydrogens is 761 g/mol. The van der Waals surface area contributed by atoms with E-state index in [0.29, 0.717) is 0 Å². The van der Waals surface area contributed by atoms with Gasteiger partial charge in [-0.25, -0.2) is 0 Å². The zero-order valence-corrected chi connectivity index (χ0v) is 33.9. The summed E-state index contributed by atoms with van der Waals surface area (Å²) in [5, 5.41) is 11.7. The number of para-hydroxylation sites is 1. The van der Waals surface area contributed by atoms with E-state index in [2.05, 4.69) is 216 Å². The highest BCUT2D eigenvalue weighted by Crippen LogP contribution is 2.57. The molecule has 1 aliphatic carbocycles. The van der Waals surface area contributed by atoms with Gasteiger partial charge in [0, 0.05) is 38.1 Å². The Bertz CT molecular complexity index is 3450. The normalized spacial score (nSPS) is 17.9. The summed E-state index contributed by atoms with van der Waals surface area (Å²) in [6.07, 6.45) is 2.02. The third-order valence-electron chi connectivity index (χ3n) is 13.0. The number of nitrogens with one attached hydrogen (secondary N) is 1. The Hall–Kier alpha value is -7.27. The van der Waals surface area contributed by atoms with Crippen LogP contribution in [0.15, 0.2) is 223 Å². The second-order valence-corrected chi connectivity index (χ2v) is 17.6. The fourth-order valence-corrected chi connectivity index (χ4v) is 11.7. The van der Waals surface area contributed by atoms with Crippen molar-refractivity contribution in [1.82, 2.24) is 9.88 Å². The van der Waals surface area contributed by atoms with Gasteiger partial charge in [0.05, 0.1) is 16.7 Å². The van der Waals surface area contributed by atoms with E-state index in [1.54, 1.807) is 0 Å².